The van der Waals surface area contributed by atoms with Crippen LogP contribution in [0.5, 0.6) is 0 Å². The number of amides is 1. The number of aryl methyl sites for hydroxylation is 1. The topological polar surface area (TPSA) is 66.5 Å². The standard InChI is InChI=1S/C13H17BN2O3S/c1-2-7-16-12-5-3-10(9-15-20(14,18)19)8-11(12)4-6-13(16)17/h3,5,8,15H,2,4,6-7,9H2,1H3. The Morgan fingerprint density at radius 3 is 2.75 bits per heavy atom. The predicted octanol–water partition coefficient (Wildman–Crippen LogP) is 0.879. The molecule has 1 N–H and O–H groups in total. The normalized spacial score (nSPS) is 15.2. The highest BCUT2D eigenvalue weighted by Crippen LogP contribution is 2.28. The Kier molecular flexibility index (Phi) is 4.50. The first-order valence-electron chi connectivity index (χ1n) is 6.60. The van der Waals surface area contributed by atoms with Crippen LogP contribution in [-0.2, 0) is 27.6 Å². The third kappa shape index (κ3) is 3.61. The zero-order valence-electron chi connectivity index (χ0n) is 11.4. The van der Waals surface area contributed by atoms with Gasteiger partial charge in [-0.2, -0.15) is 0 Å². The minimum absolute atomic E-state index is 0.148. The van der Waals surface area contributed by atoms with Crippen molar-refractivity contribution in [2.45, 2.75) is 32.7 Å². The molecule has 0 unspecified atom stereocenters. The number of carbonyl (C=O) groups is 1. The Hall–Kier alpha value is -1.34. The molecule has 0 atom stereocenters. The number of carbonyl (C=O) groups excluding carboxylic acids is 1. The monoisotopic (exact) mass is 292 g/mol. The maximum Gasteiger partial charge on any atom is 0.277 e. The lowest BCUT2D eigenvalue weighted by atomic mass is 9.98. The lowest BCUT2D eigenvalue weighted by Gasteiger charge is -2.29. The molecule has 0 spiro atoms. The van der Waals surface area contributed by atoms with Crippen LogP contribution in [0.1, 0.15) is 30.9 Å². The molecule has 0 saturated carbocycles. The molecule has 0 saturated heterocycles. The maximum absolute atomic E-state index is 11.9. The quantitative estimate of drug-likeness (QED) is 0.819. The zero-order valence-corrected chi connectivity index (χ0v) is 12.2. The summed E-state index contributed by atoms with van der Waals surface area (Å²) in [5.74, 6) is 0.148. The largest absolute Gasteiger partial charge is 0.312 e. The summed E-state index contributed by atoms with van der Waals surface area (Å²) in [5, 5.41) is 0. The minimum atomic E-state index is -3.69. The Morgan fingerprint density at radius 1 is 1.35 bits per heavy atom. The number of rotatable bonds is 5. The molecular weight excluding hydrogens is 275 g/mol. The fourth-order valence-electron chi connectivity index (χ4n) is 2.38. The van der Waals surface area contributed by atoms with E-state index in [1.807, 2.05) is 25.1 Å². The van der Waals surface area contributed by atoms with E-state index in [4.69, 9.17) is 7.12 Å². The van der Waals surface area contributed by atoms with Crippen molar-refractivity contribution >= 4 is 28.6 Å². The Balaban J connectivity index is 2.21. The van der Waals surface area contributed by atoms with Gasteiger partial charge in [0.15, 0.2) is 0 Å². The fraction of sp³-hybridized carbons (Fsp3) is 0.462. The smallest absolute Gasteiger partial charge is 0.277 e. The molecule has 1 amide bonds. The molecule has 0 bridgehead atoms. The summed E-state index contributed by atoms with van der Waals surface area (Å²) in [5.41, 5.74) is 2.85. The molecule has 0 fully saturated rings. The van der Waals surface area contributed by atoms with Crippen LogP contribution in [0.3, 0.4) is 0 Å². The molecule has 1 aromatic carbocycles. The minimum Gasteiger partial charge on any atom is -0.312 e. The number of hydrogen-bond donors (Lipinski definition) is 1. The molecule has 0 aliphatic carbocycles. The van der Waals surface area contributed by atoms with Gasteiger partial charge in [0.2, 0.25) is 5.91 Å². The molecule has 2 radical (unpaired) electrons. The highest BCUT2D eigenvalue weighted by molar-refractivity contribution is 8.10. The van der Waals surface area contributed by atoms with Crippen molar-refractivity contribution in [3.8, 4) is 0 Å². The van der Waals surface area contributed by atoms with Gasteiger partial charge >= 0.3 is 0 Å². The molecule has 20 heavy (non-hydrogen) atoms. The number of fused-ring (bicyclic) bond motifs is 1. The van der Waals surface area contributed by atoms with Gasteiger partial charge < -0.3 is 4.90 Å². The van der Waals surface area contributed by atoms with Crippen LogP contribution in [0.25, 0.3) is 0 Å². The van der Waals surface area contributed by atoms with Crippen molar-refractivity contribution in [3.05, 3.63) is 29.3 Å². The van der Waals surface area contributed by atoms with E-state index in [9.17, 15) is 13.2 Å². The molecule has 1 heterocycles. The third-order valence-electron chi connectivity index (χ3n) is 3.27. The van der Waals surface area contributed by atoms with Crippen LogP contribution in [0, 0.1) is 0 Å². The van der Waals surface area contributed by atoms with Gasteiger partial charge in [0.1, 0.15) is 9.87 Å². The van der Waals surface area contributed by atoms with Crippen molar-refractivity contribution in [1.29, 1.82) is 0 Å². The average molecular weight is 292 g/mol. The van der Waals surface area contributed by atoms with Gasteiger partial charge in [-0.3, -0.25) is 4.79 Å². The van der Waals surface area contributed by atoms with Crippen molar-refractivity contribution in [3.63, 3.8) is 0 Å². The number of anilines is 1. The number of nitrogens with zero attached hydrogens (tertiary/aromatic N) is 1. The van der Waals surface area contributed by atoms with Crippen LogP contribution in [-0.4, -0.2) is 28.0 Å². The summed E-state index contributed by atoms with van der Waals surface area (Å²) >= 11 is 0. The summed E-state index contributed by atoms with van der Waals surface area (Å²) in [7, 11) is 1.22. The molecule has 106 valence electrons. The molecule has 1 aromatic rings. The summed E-state index contributed by atoms with van der Waals surface area (Å²) in [6.45, 7) is 2.90. The second-order valence-electron chi connectivity index (χ2n) is 4.87. The first-order valence-corrected chi connectivity index (χ1v) is 8.15. The average Bonchev–Trinajstić information content (AvgIpc) is 2.39. The summed E-state index contributed by atoms with van der Waals surface area (Å²) in [6.07, 6.45) is 2.09. The van der Waals surface area contributed by atoms with Gasteiger partial charge in [-0.15, -0.1) is 0 Å². The highest BCUT2D eigenvalue weighted by Gasteiger charge is 2.23. The van der Waals surface area contributed by atoms with E-state index in [0.717, 1.165) is 23.2 Å². The van der Waals surface area contributed by atoms with E-state index in [1.165, 1.54) is 0 Å². The Labute approximate surface area is 120 Å². The van der Waals surface area contributed by atoms with Gasteiger partial charge in [-0.05, 0) is 30.0 Å². The third-order valence-corrected chi connectivity index (χ3v) is 3.82. The molecule has 1 aliphatic rings. The maximum atomic E-state index is 11.9. The second-order valence-corrected chi connectivity index (χ2v) is 6.25. The number of nitrogens with one attached hydrogen (secondary N) is 1. The fourth-order valence-corrected chi connectivity index (χ4v) is 2.74. The zero-order chi connectivity index (χ0) is 14.8. The van der Waals surface area contributed by atoms with Crippen molar-refractivity contribution in [2.75, 3.05) is 11.4 Å². The molecule has 7 heteroatoms. The van der Waals surface area contributed by atoms with Crippen molar-refractivity contribution in [1.82, 2.24) is 4.72 Å². The van der Waals surface area contributed by atoms with Crippen molar-refractivity contribution < 1.29 is 13.2 Å². The van der Waals surface area contributed by atoms with E-state index in [2.05, 4.69) is 4.72 Å². The van der Waals surface area contributed by atoms with E-state index < -0.39 is 9.87 Å². The van der Waals surface area contributed by atoms with Crippen LogP contribution in [0.15, 0.2) is 18.2 Å². The van der Waals surface area contributed by atoms with Crippen LogP contribution in [0.4, 0.5) is 5.69 Å². The summed E-state index contributed by atoms with van der Waals surface area (Å²) in [6, 6.07) is 5.63. The number of benzene rings is 1. The lowest BCUT2D eigenvalue weighted by Crippen LogP contribution is -2.35. The summed E-state index contributed by atoms with van der Waals surface area (Å²) < 4.78 is 24.0. The Morgan fingerprint density at radius 2 is 2.10 bits per heavy atom. The molecule has 0 aromatic heterocycles. The van der Waals surface area contributed by atoms with E-state index in [0.29, 0.717) is 19.4 Å². The Bertz CT molecular complexity index is 616. The van der Waals surface area contributed by atoms with E-state index in [1.54, 1.807) is 4.90 Å². The summed E-state index contributed by atoms with van der Waals surface area (Å²) in [4.78, 5) is 13.7. The number of hydrogen-bond acceptors (Lipinski definition) is 3. The first-order chi connectivity index (χ1) is 9.40. The SMILES string of the molecule is [B]S(=O)(=O)NCc1ccc2c(c1)CCC(=O)N2CCC. The highest BCUT2D eigenvalue weighted by atomic mass is 32.2. The molecular formula is C13H17BN2O3S. The predicted molar refractivity (Wildman–Crippen MR) is 78.9 cm³/mol. The van der Waals surface area contributed by atoms with Gasteiger partial charge in [-0.25, -0.2) is 13.1 Å². The molecule has 5 nitrogen and oxygen atoms in total. The van der Waals surface area contributed by atoms with Crippen LogP contribution < -0.4 is 9.62 Å². The molecule has 1 aliphatic heterocycles. The lowest BCUT2D eigenvalue weighted by molar-refractivity contribution is -0.118. The van der Waals surface area contributed by atoms with Crippen LogP contribution in [0.2, 0.25) is 0 Å². The van der Waals surface area contributed by atoms with Gasteiger partial charge in [0, 0.05) is 25.2 Å². The second kappa shape index (κ2) is 5.97. The van der Waals surface area contributed by atoms with Crippen LogP contribution >= 0.6 is 0 Å². The van der Waals surface area contributed by atoms with Gasteiger partial charge in [-0.1, -0.05) is 19.1 Å². The molecule has 2 rings (SSSR count). The van der Waals surface area contributed by atoms with Gasteiger partial charge in [0.25, 0.3) is 7.12 Å². The first kappa shape index (κ1) is 15.1. The van der Waals surface area contributed by atoms with E-state index >= 15 is 0 Å². The van der Waals surface area contributed by atoms with Crippen molar-refractivity contribution in [2.24, 2.45) is 0 Å². The van der Waals surface area contributed by atoms with Gasteiger partial charge in [0.05, 0.1) is 0 Å². The van der Waals surface area contributed by atoms with E-state index in [-0.39, 0.29) is 12.5 Å².